The van der Waals surface area contributed by atoms with Crippen molar-refractivity contribution in [2.75, 3.05) is 13.1 Å². The highest BCUT2D eigenvalue weighted by Gasteiger charge is 2.30. The normalized spacial score (nSPS) is 15.5. The average Bonchev–Trinajstić information content (AvgIpc) is 3.30. The van der Waals surface area contributed by atoms with Crippen LogP contribution < -0.4 is 5.48 Å². The van der Waals surface area contributed by atoms with E-state index in [9.17, 15) is 9.59 Å². The molecule has 1 aliphatic heterocycles. The fourth-order valence-electron chi connectivity index (χ4n) is 3.03. The summed E-state index contributed by atoms with van der Waals surface area (Å²) in [5, 5.41) is 12.3. The number of nitrogens with zero attached hydrogens (tertiary/aromatic N) is 3. The third-order valence-corrected chi connectivity index (χ3v) is 6.37. The predicted molar refractivity (Wildman–Crippen MR) is 100 cm³/mol. The Morgan fingerprint density at radius 1 is 1.35 bits per heavy atom. The van der Waals surface area contributed by atoms with E-state index in [1.807, 2.05) is 5.38 Å². The van der Waals surface area contributed by atoms with Crippen molar-refractivity contribution in [3.05, 3.63) is 22.1 Å². The molecule has 1 saturated heterocycles. The Morgan fingerprint density at radius 2 is 2.08 bits per heavy atom. The maximum absolute atomic E-state index is 13.0. The van der Waals surface area contributed by atoms with Gasteiger partial charge < -0.3 is 4.90 Å². The first-order valence-corrected chi connectivity index (χ1v) is 10.3. The molecule has 0 radical (unpaired) electrons. The van der Waals surface area contributed by atoms with Crippen LogP contribution in [0.3, 0.4) is 0 Å². The smallest absolute Gasteiger partial charge is 0.273 e. The van der Waals surface area contributed by atoms with E-state index in [0.29, 0.717) is 37.5 Å². The SMILES string of the molecule is CC(C)Cc1sc(-c2nccs2)nc1C(=O)N1CCC(C(=O)NO)CC1. The highest BCUT2D eigenvalue weighted by molar-refractivity contribution is 7.20. The Morgan fingerprint density at radius 3 is 2.65 bits per heavy atom. The largest absolute Gasteiger partial charge is 0.337 e. The van der Waals surface area contributed by atoms with Gasteiger partial charge in [0.05, 0.1) is 0 Å². The summed E-state index contributed by atoms with van der Waals surface area (Å²) in [4.78, 5) is 36.2. The van der Waals surface area contributed by atoms with Crippen molar-refractivity contribution in [2.24, 2.45) is 11.8 Å². The zero-order chi connectivity index (χ0) is 18.7. The van der Waals surface area contributed by atoms with Gasteiger partial charge in [0, 0.05) is 35.5 Å². The number of amides is 2. The molecule has 2 amide bonds. The zero-order valence-electron chi connectivity index (χ0n) is 14.8. The fraction of sp³-hybridized carbons (Fsp3) is 0.529. The van der Waals surface area contributed by atoms with Gasteiger partial charge in [0.15, 0.2) is 10.0 Å². The number of aromatic nitrogens is 2. The van der Waals surface area contributed by atoms with E-state index in [1.165, 1.54) is 22.7 Å². The van der Waals surface area contributed by atoms with Gasteiger partial charge in [-0.25, -0.2) is 15.4 Å². The summed E-state index contributed by atoms with van der Waals surface area (Å²) < 4.78 is 0. The fourth-order valence-corrected chi connectivity index (χ4v) is 4.98. The van der Waals surface area contributed by atoms with Crippen LogP contribution in [0.15, 0.2) is 11.6 Å². The second-order valence-electron chi connectivity index (χ2n) is 6.77. The van der Waals surface area contributed by atoms with E-state index < -0.39 is 0 Å². The highest BCUT2D eigenvalue weighted by atomic mass is 32.1. The van der Waals surface area contributed by atoms with E-state index in [2.05, 4.69) is 23.8 Å². The topological polar surface area (TPSA) is 95.4 Å². The molecular weight excluding hydrogens is 372 g/mol. The molecule has 7 nitrogen and oxygen atoms in total. The summed E-state index contributed by atoms with van der Waals surface area (Å²) in [5.74, 6) is -0.287. The molecule has 0 atom stereocenters. The Bertz CT molecular complexity index is 765. The quantitative estimate of drug-likeness (QED) is 0.601. The third kappa shape index (κ3) is 4.11. The molecule has 1 aliphatic rings. The molecular formula is C17H22N4O3S2. The number of hydrogen-bond acceptors (Lipinski definition) is 7. The van der Waals surface area contributed by atoms with Crippen molar-refractivity contribution in [2.45, 2.75) is 33.1 Å². The van der Waals surface area contributed by atoms with Gasteiger partial charge in [0.1, 0.15) is 5.69 Å². The van der Waals surface area contributed by atoms with Gasteiger partial charge in [-0.05, 0) is 25.2 Å². The van der Waals surface area contributed by atoms with Crippen LogP contribution in [0.1, 0.15) is 42.1 Å². The van der Waals surface area contributed by atoms with Crippen LogP contribution in [0.5, 0.6) is 0 Å². The van der Waals surface area contributed by atoms with Gasteiger partial charge in [0.25, 0.3) is 5.91 Å². The number of likely N-dealkylation sites (tertiary alicyclic amines) is 1. The van der Waals surface area contributed by atoms with Crippen molar-refractivity contribution in [3.63, 3.8) is 0 Å². The average molecular weight is 395 g/mol. The molecule has 2 N–H and O–H groups in total. The van der Waals surface area contributed by atoms with Crippen LogP contribution >= 0.6 is 22.7 Å². The first kappa shape index (κ1) is 18.9. The van der Waals surface area contributed by atoms with Gasteiger partial charge in [-0.15, -0.1) is 22.7 Å². The number of hydroxylamine groups is 1. The van der Waals surface area contributed by atoms with Gasteiger partial charge >= 0.3 is 0 Å². The molecule has 140 valence electrons. The maximum Gasteiger partial charge on any atom is 0.273 e. The molecule has 1 fully saturated rings. The number of carbonyl (C=O) groups is 2. The highest BCUT2D eigenvalue weighted by Crippen LogP contribution is 2.32. The Labute approximate surface area is 160 Å². The molecule has 3 heterocycles. The number of piperidine rings is 1. The molecule has 2 aromatic heterocycles. The number of thiazole rings is 2. The molecule has 26 heavy (non-hydrogen) atoms. The Kier molecular flexibility index (Phi) is 6.00. The Balaban J connectivity index is 1.79. The van der Waals surface area contributed by atoms with Crippen LogP contribution in [0.2, 0.25) is 0 Å². The molecule has 0 saturated carbocycles. The summed E-state index contributed by atoms with van der Waals surface area (Å²) in [6, 6.07) is 0. The molecule has 3 rings (SSSR count). The molecule has 0 unspecified atom stereocenters. The molecule has 9 heteroatoms. The number of carbonyl (C=O) groups excluding carboxylic acids is 2. The van der Waals surface area contributed by atoms with E-state index in [-0.39, 0.29) is 17.7 Å². The van der Waals surface area contributed by atoms with Crippen LogP contribution in [0.4, 0.5) is 0 Å². The van der Waals surface area contributed by atoms with Crippen molar-refractivity contribution < 1.29 is 14.8 Å². The van der Waals surface area contributed by atoms with Gasteiger partial charge in [-0.3, -0.25) is 14.8 Å². The number of rotatable bonds is 5. The van der Waals surface area contributed by atoms with Crippen molar-refractivity contribution in [1.29, 1.82) is 0 Å². The number of nitrogens with one attached hydrogen (secondary N) is 1. The molecule has 0 spiro atoms. The second-order valence-corrected chi connectivity index (χ2v) is 8.75. The summed E-state index contributed by atoms with van der Waals surface area (Å²) in [5.41, 5.74) is 2.21. The summed E-state index contributed by atoms with van der Waals surface area (Å²) in [7, 11) is 0. The lowest BCUT2D eigenvalue weighted by atomic mass is 9.96. The lowest BCUT2D eigenvalue weighted by Gasteiger charge is -2.30. The second kappa shape index (κ2) is 8.24. The summed E-state index contributed by atoms with van der Waals surface area (Å²) in [6.45, 7) is 5.22. The summed E-state index contributed by atoms with van der Waals surface area (Å²) >= 11 is 3.05. The van der Waals surface area contributed by atoms with Crippen LogP contribution in [0.25, 0.3) is 10.0 Å². The van der Waals surface area contributed by atoms with E-state index in [0.717, 1.165) is 21.3 Å². The molecule has 0 aromatic carbocycles. The van der Waals surface area contributed by atoms with Crippen LogP contribution in [-0.4, -0.2) is 45.0 Å². The van der Waals surface area contributed by atoms with Crippen molar-refractivity contribution in [1.82, 2.24) is 20.3 Å². The predicted octanol–water partition coefficient (Wildman–Crippen LogP) is 2.82. The molecule has 0 bridgehead atoms. The van der Waals surface area contributed by atoms with E-state index in [4.69, 9.17) is 5.21 Å². The lowest BCUT2D eigenvalue weighted by Crippen LogP contribution is -2.42. The van der Waals surface area contributed by atoms with Gasteiger partial charge in [0.2, 0.25) is 5.91 Å². The third-order valence-electron chi connectivity index (χ3n) is 4.37. The van der Waals surface area contributed by atoms with Crippen molar-refractivity contribution >= 4 is 34.5 Å². The Hall–Kier alpha value is -1.84. The monoisotopic (exact) mass is 394 g/mol. The van der Waals surface area contributed by atoms with E-state index >= 15 is 0 Å². The van der Waals surface area contributed by atoms with Crippen molar-refractivity contribution in [3.8, 4) is 10.0 Å². The minimum absolute atomic E-state index is 0.0810. The first-order valence-electron chi connectivity index (χ1n) is 8.62. The maximum atomic E-state index is 13.0. The van der Waals surface area contributed by atoms with E-state index in [1.54, 1.807) is 16.6 Å². The van der Waals surface area contributed by atoms with Gasteiger partial charge in [-0.1, -0.05) is 13.8 Å². The van der Waals surface area contributed by atoms with Crippen LogP contribution in [0, 0.1) is 11.8 Å². The molecule has 2 aromatic rings. The zero-order valence-corrected chi connectivity index (χ0v) is 16.4. The minimum Gasteiger partial charge on any atom is -0.337 e. The molecule has 0 aliphatic carbocycles. The lowest BCUT2D eigenvalue weighted by molar-refractivity contribution is -0.134. The van der Waals surface area contributed by atoms with Crippen LogP contribution in [-0.2, 0) is 11.2 Å². The van der Waals surface area contributed by atoms with Gasteiger partial charge in [-0.2, -0.15) is 0 Å². The summed E-state index contributed by atoms with van der Waals surface area (Å²) in [6.07, 6.45) is 3.62. The minimum atomic E-state index is -0.377. The standard InChI is InChI=1S/C17H22N4O3S2/c1-10(2)9-12-13(19-16(26-12)15-18-5-8-25-15)17(23)21-6-3-11(4-7-21)14(22)20-24/h5,8,10-11,24H,3-4,6-7,9H2,1-2H3,(H,20,22). The number of hydrogen-bond donors (Lipinski definition) is 2. The first-order chi connectivity index (χ1) is 12.5.